The lowest BCUT2D eigenvalue weighted by molar-refractivity contribution is -0.136. The molecule has 0 aliphatic carbocycles. The number of aliphatic carboxylic acids is 2. The van der Waals surface area contributed by atoms with Gasteiger partial charge < -0.3 is 15.1 Å². The van der Waals surface area contributed by atoms with Crippen LogP contribution in [0.4, 0.5) is 5.69 Å². The van der Waals surface area contributed by atoms with Crippen LogP contribution in [0, 0.1) is 17.4 Å². The lowest BCUT2D eigenvalue weighted by Gasteiger charge is -2.24. The zero-order chi connectivity index (χ0) is 13.9. The van der Waals surface area contributed by atoms with Crippen molar-refractivity contribution in [1.29, 1.82) is 0 Å². The summed E-state index contributed by atoms with van der Waals surface area (Å²) in [6.07, 6.45) is 0. The van der Waals surface area contributed by atoms with E-state index in [2.05, 4.69) is 22.6 Å². The van der Waals surface area contributed by atoms with Gasteiger partial charge in [-0.2, -0.15) is 0 Å². The number of carboxylic acids is 2. The maximum absolute atomic E-state index is 10.8. The fourth-order valence-corrected chi connectivity index (χ4v) is 2.25. The predicted octanol–water partition coefficient (Wildman–Crippen LogP) is 1.88. The normalized spacial score (nSPS) is 10.2. The van der Waals surface area contributed by atoms with Crippen molar-refractivity contribution in [3.05, 3.63) is 26.8 Å². The van der Waals surface area contributed by atoms with E-state index in [9.17, 15) is 9.59 Å². The molecule has 5 nitrogen and oxygen atoms in total. The molecule has 0 unspecified atom stereocenters. The summed E-state index contributed by atoms with van der Waals surface area (Å²) in [4.78, 5) is 22.9. The third kappa shape index (κ3) is 3.59. The van der Waals surface area contributed by atoms with Gasteiger partial charge in [0.15, 0.2) is 0 Å². The molecule has 1 rings (SSSR count). The standard InChI is InChI=1S/C12H14INO4/c1-7-8(2)10(4-3-9(7)13)14(5-11(15)16)6-12(17)18/h3-4H,5-6H2,1-2H3,(H,15,16)(H,17,18). The summed E-state index contributed by atoms with van der Waals surface area (Å²) in [6.45, 7) is 3.14. The van der Waals surface area contributed by atoms with Crippen molar-refractivity contribution in [2.75, 3.05) is 18.0 Å². The fourth-order valence-electron chi connectivity index (χ4n) is 1.67. The topological polar surface area (TPSA) is 77.8 Å². The van der Waals surface area contributed by atoms with E-state index in [4.69, 9.17) is 10.2 Å². The largest absolute Gasteiger partial charge is 0.480 e. The molecule has 6 heteroatoms. The van der Waals surface area contributed by atoms with Gasteiger partial charge >= 0.3 is 11.9 Å². The van der Waals surface area contributed by atoms with Crippen molar-refractivity contribution in [2.24, 2.45) is 0 Å². The predicted molar refractivity (Wildman–Crippen MR) is 76.1 cm³/mol. The minimum absolute atomic E-state index is 0.326. The van der Waals surface area contributed by atoms with E-state index in [-0.39, 0.29) is 13.1 Å². The molecule has 0 fully saturated rings. The molecular formula is C12H14INO4. The molecule has 18 heavy (non-hydrogen) atoms. The van der Waals surface area contributed by atoms with E-state index in [1.807, 2.05) is 19.9 Å². The monoisotopic (exact) mass is 363 g/mol. The van der Waals surface area contributed by atoms with E-state index < -0.39 is 11.9 Å². The van der Waals surface area contributed by atoms with Gasteiger partial charge in [0.05, 0.1) is 0 Å². The Kier molecular flexibility index (Phi) is 4.94. The van der Waals surface area contributed by atoms with Crippen LogP contribution in [-0.4, -0.2) is 35.2 Å². The Hall–Kier alpha value is -1.31. The summed E-state index contributed by atoms with van der Waals surface area (Å²) in [5, 5.41) is 17.7. The van der Waals surface area contributed by atoms with Crippen LogP contribution in [0.1, 0.15) is 11.1 Å². The van der Waals surface area contributed by atoms with Crippen molar-refractivity contribution < 1.29 is 19.8 Å². The number of carbonyl (C=O) groups is 2. The van der Waals surface area contributed by atoms with Gasteiger partial charge in [-0.3, -0.25) is 9.59 Å². The van der Waals surface area contributed by atoms with Crippen LogP contribution in [0.5, 0.6) is 0 Å². The van der Waals surface area contributed by atoms with Crippen LogP contribution >= 0.6 is 22.6 Å². The van der Waals surface area contributed by atoms with Crippen LogP contribution in [0.2, 0.25) is 0 Å². The molecule has 0 heterocycles. The second-order valence-electron chi connectivity index (χ2n) is 3.96. The highest BCUT2D eigenvalue weighted by molar-refractivity contribution is 14.1. The van der Waals surface area contributed by atoms with Gasteiger partial charge in [-0.25, -0.2) is 0 Å². The molecule has 0 atom stereocenters. The average molecular weight is 363 g/mol. The van der Waals surface area contributed by atoms with E-state index in [0.717, 1.165) is 14.7 Å². The fraction of sp³-hybridized carbons (Fsp3) is 0.333. The molecule has 0 aliphatic rings. The minimum atomic E-state index is -1.05. The highest BCUT2D eigenvalue weighted by atomic mass is 127. The number of rotatable bonds is 5. The molecular weight excluding hydrogens is 349 g/mol. The summed E-state index contributed by atoms with van der Waals surface area (Å²) in [7, 11) is 0. The molecule has 0 radical (unpaired) electrons. The highest BCUT2D eigenvalue weighted by Crippen LogP contribution is 2.26. The molecule has 98 valence electrons. The van der Waals surface area contributed by atoms with E-state index in [1.165, 1.54) is 4.90 Å². The van der Waals surface area contributed by atoms with Crippen LogP contribution in [0.15, 0.2) is 12.1 Å². The minimum Gasteiger partial charge on any atom is -0.480 e. The Bertz CT molecular complexity index is 471. The average Bonchev–Trinajstić information content (AvgIpc) is 2.24. The Balaban J connectivity index is 3.16. The van der Waals surface area contributed by atoms with Gasteiger partial charge in [0.1, 0.15) is 13.1 Å². The lowest BCUT2D eigenvalue weighted by atomic mass is 10.1. The van der Waals surface area contributed by atoms with E-state index in [0.29, 0.717) is 5.69 Å². The number of carboxylic acid groups (broad SMARTS) is 2. The molecule has 0 bridgehead atoms. The second-order valence-corrected chi connectivity index (χ2v) is 5.12. The highest BCUT2D eigenvalue weighted by Gasteiger charge is 2.17. The first-order valence-electron chi connectivity index (χ1n) is 5.27. The van der Waals surface area contributed by atoms with Gasteiger partial charge in [-0.1, -0.05) is 0 Å². The molecule has 2 N–H and O–H groups in total. The Morgan fingerprint density at radius 1 is 1.11 bits per heavy atom. The van der Waals surface area contributed by atoms with E-state index >= 15 is 0 Å². The van der Waals surface area contributed by atoms with Crippen LogP contribution < -0.4 is 4.90 Å². The molecule has 0 saturated carbocycles. The zero-order valence-electron chi connectivity index (χ0n) is 10.1. The van der Waals surface area contributed by atoms with Gasteiger partial charge in [0.25, 0.3) is 0 Å². The molecule has 0 aliphatic heterocycles. The number of nitrogens with zero attached hydrogens (tertiary/aromatic N) is 1. The number of hydrogen-bond donors (Lipinski definition) is 2. The molecule has 0 amide bonds. The molecule has 0 aromatic heterocycles. The second kappa shape index (κ2) is 6.03. The third-order valence-corrected chi connectivity index (χ3v) is 3.85. The lowest BCUT2D eigenvalue weighted by Crippen LogP contribution is -2.35. The van der Waals surface area contributed by atoms with Gasteiger partial charge in [-0.05, 0) is 59.7 Å². The first-order chi connectivity index (χ1) is 8.32. The maximum Gasteiger partial charge on any atom is 0.323 e. The van der Waals surface area contributed by atoms with Crippen LogP contribution in [0.3, 0.4) is 0 Å². The van der Waals surface area contributed by atoms with Gasteiger partial charge in [-0.15, -0.1) is 0 Å². The number of hydrogen-bond acceptors (Lipinski definition) is 3. The first kappa shape index (κ1) is 14.7. The van der Waals surface area contributed by atoms with Crippen molar-refractivity contribution >= 4 is 40.2 Å². The van der Waals surface area contributed by atoms with Crippen LogP contribution in [-0.2, 0) is 9.59 Å². The molecule has 1 aromatic rings. The number of halogens is 1. The number of benzene rings is 1. The Morgan fingerprint density at radius 2 is 1.61 bits per heavy atom. The van der Waals surface area contributed by atoms with Crippen molar-refractivity contribution in [1.82, 2.24) is 0 Å². The number of anilines is 1. The summed E-state index contributed by atoms with van der Waals surface area (Å²) in [5.41, 5.74) is 2.59. The Labute approximate surface area is 119 Å². The summed E-state index contributed by atoms with van der Waals surface area (Å²) in [5.74, 6) is -2.10. The van der Waals surface area contributed by atoms with E-state index in [1.54, 1.807) is 6.07 Å². The van der Waals surface area contributed by atoms with Crippen molar-refractivity contribution in [2.45, 2.75) is 13.8 Å². The molecule has 0 spiro atoms. The Morgan fingerprint density at radius 3 is 2.06 bits per heavy atom. The van der Waals surface area contributed by atoms with Crippen molar-refractivity contribution in [3.63, 3.8) is 0 Å². The van der Waals surface area contributed by atoms with Crippen LogP contribution in [0.25, 0.3) is 0 Å². The maximum atomic E-state index is 10.8. The van der Waals surface area contributed by atoms with Gasteiger partial charge in [0, 0.05) is 9.26 Å². The van der Waals surface area contributed by atoms with Gasteiger partial charge in [0.2, 0.25) is 0 Å². The summed E-state index contributed by atoms with van der Waals surface area (Å²) >= 11 is 2.19. The molecule has 0 saturated heterocycles. The summed E-state index contributed by atoms with van der Waals surface area (Å²) < 4.78 is 1.07. The molecule has 1 aromatic carbocycles. The SMILES string of the molecule is Cc1c(I)ccc(N(CC(=O)O)CC(=O)O)c1C. The third-order valence-electron chi connectivity index (χ3n) is 2.69. The zero-order valence-corrected chi connectivity index (χ0v) is 12.3. The summed E-state index contributed by atoms with van der Waals surface area (Å²) in [6, 6.07) is 3.62. The quantitative estimate of drug-likeness (QED) is 0.782. The first-order valence-corrected chi connectivity index (χ1v) is 6.35. The van der Waals surface area contributed by atoms with Crippen molar-refractivity contribution in [3.8, 4) is 0 Å². The smallest absolute Gasteiger partial charge is 0.323 e.